The van der Waals surface area contributed by atoms with E-state index in [2.05, 4.69) is 35.6 Å². The van der Waals surface area contributed by atoms with Gasteiger partial charge in [0, 0.05) is 0 Å². The molecule has 1 aliphatic rings. The average molecular weight is 176 g/mol. The highest BCUT2D eigenvalue weighted by atomic mass is 16.5. The van der Waals surface area contributed by atoms with Gasteiger partial charge in [-0.15, -0.1) is 0 Å². The molecular weight excluding hydrogens is 160 g/mol. The number of ether oxygens (including phenoxy) is 1. The van der Waals surface area contributed by atoms with Crippen molar-refractivity contribution in [3.63, 3.8) is 0 Å². The Balaban J connectivity index is 0.000000226. The molecule has 0 saturated heterocycles. The Morgan fingerprint density at radius 3 is 2.15 bits per heavy atom. The number of hydrogen-bond acceptors (Lipinski definition) is 1. The highest BCUT2D eigenvalue weighted by Crippen LogP contribution is 1.91. The topological polar surface area (TPSA) is 9.23 Å². The third-order valence-corrected chi connectivity index (χ3v) is 1.19. The van der Waals surface area contributed by atoms with Crippen LogP contribution in [0.15, 0.2) is 61.6 Å². The molecule has 13 heavy (non-hydrogen) atoms. The van der Waals surface area contributed by atoms with Crippen molar-refractivity contribution in [3.8, 4) is 0 Å². The fourth-order valence-electron chi connectivity index (χ4n) is 0.655. The van der Waals surface area contributed by atoms with Crippen molar-refractivity contribution in [2.75, 3.05) is 0 Å². The maximum absolute atomic E-state index is 4.57. The van der Waals surface area contributed by atoms with E-state index in [0.29, 0.717) is 0 Å². The number of hydrogen-bond donors (Lipinski definition) is 0. The van der Waals surface area contributed by atoms with E-state index in [-0.39, 0.29) is 0 Å². The molecule has 1 heteroatoms. The molecule has 1 rings (SSSR count). The molecule has 0 aromatic rings. The summed E-state index contributed by atoms with van der Waals surface area (Å²) >= 11 is 0. The van der Waals surface area contributed by atoms with Crippen molar-refractivity contribution in [3.05, 3.63) is 61.6 Å². The second-order valence-electron chi connectivity index (χ2n) is 2.25. The quantitative estimate of drug-likeness (QED) is 0.582. The van der Waals surface area contributed by atoms with Crippen molar-refractivity contribution in [1.82, 2.24) is 0 Å². The van der Waals surface area contributed by atoms with Gasteiger partial charge in [0.15, 0.2) is 0 Å². The van der Waals surface area contributed by atoms with Crippen LogP contribution in [0.1, 0.15) is 13.3 Å². The maximum Gasteiger partial charge on any atom is 0.0858 e. The largest absolute Gasteiger partial charge is 0.474 e. The van der Waals surface area contributed by atoms with Crippen molar-refractivity contribution in [2.24, 2.45) is 0 Å². The third kappa shape index (κ3) is 10.5. The van der Waals surface area contributed by atoms with Gasteiger partial charge in [0.25, 0.3) is 0 Å². The fraction of sp³-hybridized carbons (Fsp3) is 0.167. The van der Waals surface area contributed by atoms with E-state index >= 15 is 0 Å². The molecule has 1 aliphatic carbocycles. The predicted octanol–water partition coefficient (Wildman–Crippen LogP) is 3.74. The molecule has 0 aliphatic heterocycles. The first-order valence-corrected chi connectivity index (χ1v) is 4.27. The molecule has 1 nitrogen and oxygen atoms in total. The molecule has 0 bridgehead atoms. The van der Waals surface area contributed by atoms with Crippen molar-refractivity contribution < 1.29 is 4.74 Å². The predicted molar refractivity (Wildman–Crippen MR) is 58.1 cm³/mol. The average Bonchev–Trinajstić information content (AvgIpc) is 2.47. The van der Waals surface area contributed by atoms with Gasteiger partial charge in [-0.2, -0.15) is 0 Å². The van der Waals surface area contributed by atoms with Gasteiger partial charge in [0.1, 0.15) is 0 Å². The first-order chi connectivity index (χ1) is 6.41. The minimum Gasteiger partial charge on any atom is -0.474 e. The van der Waals surface area contributed by atoms with Crippen LogP contribution < -0.4 is 0 Å². The number of rotatable bonds is 2. The standard InChI is InChI=1S/C7H8.C5H8O/c1-2-4-6-7-5-3-1;1-3-5-6-4-2/h1-6H,7H2;3-5H,2H2,1H3/b;5-3-. The summed E-state index contributed by atoms with van der Waals surface area (Å²) in [6.07, 6.45) is 18.2. The number of allylic oxidation sites excluding steroid dienone is 7. The molecule has 0 radical (unpaired) electrons. The molecule has 0 amide bonds. The van der Waals surface area contributed by atoms with Gasteiger partial charge < -0.3 is 4.74 Å². The van der Waals surface area contributed by atoms with E-state index in [9.17, 15) is 0 Å². The molecule has 0 unspecified atom stereocenters. The zero-order valence-electron chi connectivity index (χ0n) is 8.02. The highest BCUT2D eigenvalue weighted by Gasteiger charge is 1.70. The van der Waals surface area contributed by atoms with E-state index < -0.39 is 0 Å². The van der Waals surface area contributed by atoms with E-state index in [1.54, 1.807) is 12.3 Å². The highest BCUT2D eigenvalue weighted by molar-refractivity contribution is 5.16. The van der Waals surface area contributed by atoms with Gasteiger partial charge in [-0.3, -0.25) is 0 Å². The van der Waals surface area contributed by atoms with E-state index in [1.165, 1.54) is 6.26 Å². The summed E-state index contributed by atoms with van der Waals surface area (Å²) in [7, 11) is 0. The van der Waals surface area contributed by atoms with Gasteiger partial charge >= 0.3 is 0 Å². The van der Waals surface area contributed by atoms with E-state index in [4.69, 9.17) is 0 Å². The lowest BCUT2D eigenvalue weighted by molar-refractivity contribution is 0.404. The fourth-order valence-corrected chi connectivity index (χ4v) is 0.655. The van der Waals surface area contributed by atoms with Gasteiger partial charge in [-0.25, -0.2) is 0 Å². The van der Waals surface area contributed by atoms with Crippen LogP contribution in [0.5, 0.6) is 0 Å². The molecule has 0 fully saturated rings. The van der Waals surface area contributed by atoms with Gasteiger partial charge in [0.2, 0.25) is 0 Å². The van der Waals surface area contributed by atoms with Crippen LogP contribution in [0.4, 0.5) is 0 Å². The van der Waals surface area contributed by atoms with E-state index in [1.807, 2.05) is 19.1 Å². The van der Waals surface area contributed by atoms with Crippen LogP contribution in [0.3, 0.4) is 0 Å². The van der Waals surface area contributed by atoms with Crippen LogP contribution in [0.25, 0.3) is 0 Å². The summed E-state index contributed by atoms with van der Waals surface area (Å²) in [5, 5.41) is 0. The van der Waals surface area contributed by atoms with Crippen LogP contribution >= 0.6 is 0 Å². The van der Waals surface area contributed by atoms with Crippen LogP contribution in [0, 0.1) is 0 Å². The van der Waals surface area contributed by atoms with E-state index in [0.717, 1.165) is 6.42 Å². The lowest BCUT2D eigenvalue weighted by Gasteiger charge is -1.79. The Morgan fingerprint density at radius 1 is 1.15 bits per heavy atom. The molecule has 0 heterocycles. The lowest BCUT2D eigenvalue weighted by Crippen LogP contribution is -1.56. The smallest absolute Gasteiger partial charge is 0.0858 e. The summed E-state index contributed by atoms with van der Waals surface area (Å²) in [6.45, 7) is 5.20. The van der Waals surface area contributed by atoms with Crippen molar-refractivity contribution >= 4 is 0 Å². The zero-order valence-corrected chi connectivity index (χ0v) is 8.02. The second-order valence-corrected chi connectivity index (χ2v) is 2.25. The monoisotopic (exact) mass is 176 g/mol. The molecule has 0 aromatic heterocycles. The molecule has 0 saturated carbocycles. The molecule has 0 spiro atoms. The molecule has 0 aromatic carbocycles. The first-order valence-electron chi connectivity index (χ1n) is 4.27. The minimum atomic E-state index is 1.08. The van der Waals surface area contributed by atoms with Gasteiger partial charge in [-0.1, -0.05) is 49.1 Å². The molecule has 0 N–H and O–H groups in total. The SMILES string of the molecule is C1=CC=CCC=C1.C=CO/C=C\C. The summed E-state index contributed by atoms with van der Waals surface area (Å²) in [5.41, 5.74) is 0. The molecule has 70 valence electrons. The molecular formula is C12H16O. The van der Waals surface area contributed by atoms with Gasteiger partial charge in [0.05, 0.1) is 12.5 Å². The Hall–Kier alpha value is -1.50. The Labute approximate surface area is 80.4 Å². The summed E-state index contributed by atoms with van der Waals surface area (Å²) < 4.78 is 4.57. The van der Waals surface area contributed by atoms with Crippen LogP contribution in [-0.4, -0.2) is 0 Å². The summed E-state index contributed by atoms with van der Waals surface area (Å²) in [6, 6.07) is 0. The summed E-state index contributed by atoms with van der Waals surface area (Å²) in [5.74, 6) is 0. The lowest BCUT2D eigenvalue weighted by atomic mass is 10.4. The normalized spacial score (nSPS) is 13.3. The zero-order chi connectivity index (χ0) is 9.78. The van der Waals surface area contributed by atoms with Crippen LogP contribution in [0.2, 0.25) is 0 Å². The second kappa shape index (κ2) is 10.5. The third-order valence-electron chi connectivity index (χ3n) is 1.19. The van der Waals surface area contributed by atoms with Crippen molar-refractivity contribution in [1.29, 1.82) is 0 Å². The Kier molecular flexibility index (Phi) is 9.29. The van der Waals surface area contributed by atoms with Crippen molar-refractivity contribution in [2.45, 2.75) is 13.3 Å². The Bertz CT molecular complexity index is 205. The van der Waals surface area contributed by atoms with Crippen LogP contribution in [-0.2, 0) is 4.74 Å². The van der Waals surface area contributed by atoms with Gasteiger partial charge in [-0.05, 0) is 13.3 Å². The molecule has 0 atom stereocenters. The summed E-state index contributed by atoms with van der Waals surface area (Å²) in [4.78, 5) is 0. The first kappa shape index (κ1) is 11.5. The maximum atomic E-state index is 4.57. The Morgan fingerprint density at radius 2 is 1.77 bits per heavy atom. The minimum absolute atomic E-state index is 1.08.